The van der Waals surface area contributed by atoms with Gasteiger partial charge in [-0.2, -0.15) is 0 Å². The smallest absolute Gasteiger partial charge is 0.282 e. The van der Waals surface area contributed by atoms with Gasteiger partial charge in [0, 0.05) is 19.0 Å². The fraction of sp³-hybridized carbons (Fsp3) is 0.333. The number of halogens is 2. The van der Waals surface area contributed by atoms with Crippen LogP contribution >= 0.6 is 11.3 Å². The van der Waals surface area contributed by atoms with Gasteiger partial charge in [0.25, 0.3) is 5.91 Å². The lowest BCUT2D eigenvalue weighted by Crippen LogP contribution is -2.40. The van der Waals surface area contributed by atoms with E-state index in [0.717, 1.165) is 42.1 Å². The average molecular weight is 486 g/mol. The molecule has 178 valence electrons. The van der Waals surface area contributed by atoms with E-state index in [1.807, 2.05) is 0 Å². The number of piperidine rings is 1. The largest absolute Gasteiger partial charge is 0.352 e. The fourth-order valence-electron chi connectivity index (χ4n) is 3.75. The number of rotatable bonds is 8. The highest BCUT2D eigenvalue weighted by Gasteiger charge is 2.25. The summed E-state index contributed by atoms with van der Waals surface area (Å²) in [5.74, 6) is -0.974. The van der Waals surface area contributed by atoms with Gasteiger partial charge in [0.05, 0.1) is 6.54 Å². The number of benzene rings is 2. The monoisotopic (exact) mass is 485 g/mol. The van der Waals surface area contributed by atoms with Gasteiger partial charge in [0.15, 0.2) is 0 Å². The minimum absolute atomic E-state index is 0.0139. The third-order valence-electron chi connectivity index (χ3n) is 5.72. The van der Waals surface area contributed by atoms with Gasteiger partial charge in [-0.25, -0.2) is 8.78 Å². The molecule has 2 N–H and O–H groups in total. The van der Waals surface area contributed by atoms with E-state index >= 15 is 0 Å². The maximum absolute atomic E-state index is 13.0. The van der Waals surface area contributed by atoms with E-state index in [1.165, 1.54) is 35.6 Å². The highest BCUT2D eigenvalue weighted by Crippen LogP contribution is 2.21. The van der Waals surface area contributed by atoms with Crippen LogP contribution in [0.1, 0.15) is 38.8 Å². The third kappa shape index (κ3) is 6.64. The van der Waals surface area contributed by atoms with Crippen molar-refractivity contribution in [1.29, 1.82) is 0 Å². The van der Waals surface area contributed by atoms with Crippen LogP contribution in [0.5, 0.6) is 0 Å². The number of amides is 2. The summed E-state index contributed by atoms with van der Waals surface area (Å²) in [5, 5.41) is 14.8. The SMILES string of the molecule is O=C(NCc1ccc(F)cc1)c1nnc(CN2CCC(C(=O)NCc3ccc(F)cc3)CC2)s1. The molecule has 2 amide bonds. The van der Waals surface area contributed by atoms with Gasteiger partial charge >= 0.3 is 0 Å². The predicted molar refractivity (Wildman–Crippen MR) is 124 cm³/mol. The topological polar surface area (TPSA) is 87.2 Å². The number of carbonyl (C=O) groups is 2. The second kappa shape index (κ2) is 11.3. The zero-order valence-electron chi connectivity index (χ0n) is 18.5. The standard InChI is InChI=1S/C24H25F2N5O2S/c25-19-5-1-16(2-6-19)13-27-22(32)18-9-11-31(12-10-18)15-21-29-30-24(34-21)23(33)28-14-17-3-7-20(26)8-4-17/h1-8,18H,9-15H2,(H,27,32)(H,28,33). The average Bonchev–Trinajstić information content (AvgIpc) is 3.32. The van der Waals surface area contributed by atoms with E-state index in [4.69, 9.17) is 0 Å². The van der Waals surface area contributed by atoms with Crippen LogP contribution in [0.2, 0.25) is 0 Å². The highest BCUT2D eigenvalue weighted by atomic mass is 32.1. The van der Waals surface area contributed by atoms with Gasteiger partial charge in [-0.3, -0.25) is 14.5 Å². The normalized spacial score (nSPS) is 14.6. The predicted octanol–water partition coefficient (Wildman–Crippen LogP) is 3.27. The lowest BCUT2D eigenvalue weighted by Gasteiger charge is -2.30. The molecule has 1 aromatic heterocycles. The van der Waals surface area contributed by atoms with Gasteiger partial charge in [-0.15, -0.1) is 10.2 Å². The first-order chi connectivity index (χ1) is 16.5. The van der Waals surface area contributed by atoms with Gasteiger partial charge in [0.2, 0.25) is 10.9 Å². The molecule has 0 unspecified atom stereocenters. The Morgan fingerprint density at radius 2 is 1.44 bits per heavy atom. The molecule has 0 saturated carbocycles. The molecule has 1 fully saturated rings. The number of likely N-dealkylation sites (tertiary alicyclic amines) is 1. The van der Waals surface area contributed by atoms with Crippen molar-refractivity contribution in [3.63, 3.8) is 0 Å². The highest BCUT2D eigenvalue weighted by molar-refractivity contribution is 7.13. The Labute approximate surface area is 200 Å². The maximum atomic E-state index is 13.0. The van der Waals surface area contributed by atoms with E-state index in [-0.39, 0.29) is 40.9 Å². The minimum atomic E-state index is -0.321. The number of nitrogens with one attached hydrogen (secondary N) is 2. The summed E-state index contributed by atoms with van der Waals surface area (Å²) < 4.78 is 26.0. The van der Waals surface area contributed by atoms with Crippen LogP contribution in [0.25, 0.3) is 0 Å². The van der Waals surface area contributed by atoms with Crippen molar-refractivity contribution in [3.8, 4) is 0 Å². The third-order valence-corrected chi connectivity index (χ3v) is 6.63. The van der Waals surface area contributed by atoms with Crippen molar-refractivity contribution in [3.05, 3.63) is 81.3 Å². The Kier molecular flexibility index (Phi) is 7.91. The van der Waals surface area contributed by atoms with Crippen LogP contribution in [-0.4, -0.2) is 40.0 Å². The molecule has 4 rings (SSSR count). The summed E-state index contributed by atoms with van der Waals surface area (Å²) in [4.78, 5) is 27.0. The van der Waals surface area contributed by atoms with Crippen molar-refractivity contribution in [2.45, 2.75) is 32.5 Å². The van der Waals surface area contributed by atoms with Gasteiger partial charge < -0.3 is 10.6 Å². The number of nitrogens with zero attached hydrogens (tertiary/aromatic N) is 3. The molecule has 0 radical (unpaired) electrons. The molecule has 0 bridgehead atoms. The van der Waals surface area contributed by atoms with Gasteiger partial charge in [-0.1, -0.05) is 35.6 Å². The van der Waals surface area contributed by atoms with Crippen molar-refractivity contribution in [2.24, 2.45) is 5.92 Å². The quantitative estimate of drug-likeness (QED) is 0.512. The molecule has 0 atom stereocenters. The second-order valence-corrected chi connectivity index (χ2v) is 9.27. The number of hydrogen-bond acceptors (Lipinski definition) is 6. The van der Waals surface area contributed by atoms with Crippen molar-refractivity contribution in [2.75, 3.05) is 13.1 Å². The van der Waals surface area contributed by atoms with E-state index in [1.54, 1.807) is 24.3 Å². The summed E-state index contributed by atoms with van der Waals surface area (Å²) in [6.45, 7) is 2.74. The van der Waals surface area contributed by atoms with E-state index < -0.39 is 0 Å². The zero-order valence-corrected chi connectivity index (χ0v) is 19.3. The molecule has 1 aliphatic heterocycles. The Morgan fingerprint density at radius 3 is 2.03 bits per heavy atom. The first-order valence-electron chi connectivity index (χ1n) is 11.1. The van der Waals surface area contributed by atoms with Crippen LogP contribution in [0, 0.1) is 17.6 Å². The molecule has 1 aliphatic rings. The number of hydrogen-bond donors (Lipinski definition) is 2. The Morgan fingerprint density at radius 1 is 0.882 bits per heavy atom. The maximum Gasteiger partial charge on any atom is 0.282 e. The van der Waals surface area contributed by atoms with Crippen LogP contribution in [-0.2, 0) is 24.4 Å². The Hall–Kier alpha value is -3.24. The zero-order chi connectivity index (χ0) is 23.9. The van der Waals surface area contributed by atoms with E-state index in [2.05, 4.69) is 25.7 Å². The van der Waals surface area contributed by atoms with Crippen molar-refractivity contribution < 1.29 is 18.4 Å². The van der Waals surface area contributed by atoms with Crippen LogP contribution in [0.4, 0.5) is 8.78 Å². The second-order valence-electron chi connectivity index (χ2n) is 8.20. The lowest BCUT2D eigenvalue weighted by molar-refractivity contribution is -0.126. The number of aromatic nitrogens is 2. The minimum Gasteiger partial charge on any atom is -0.352 e. The molecule has 1 saturated heterocycles. The van der Waals surface area contributed by atoms with E-state index in [9.17, 15) is 18.4 Å². The van der Waals surface area contributed by atoms with Crippen LogP contribution < -0.4 is 10.6 Å². The molecule has 34 heavy (non-hydrogen) atoms. The van der Waals surface area contributed by atoms with Crippen LogP contribution in [0.3, 0.4) is 0 Å². The van der Waals surface area contributed by atoms with Crippen molar-refractivity contribution >= 4 is 23.2 Å². The lowest BCUT2D eigenvalue weighted by atomic mass is 9.96. The van der Waals surface area contributed by atoms with E-state index in [0.29, 0.717) is 13.1 Å². The summed E-state index contributed by atoms with van der Waals surface area (Å²) in [7, 11) is 0. The molecular weight excluding hydrogens is 460 g/mol. The first-order valence-corrected chi connectivity index (χ1v) is 11.9. The molecule has 0 aliphatic carbocycles. The Bertz CT molecular complexity index is 1110. The Balaban J connectivity index is 1.19. The van der Waals surface area contributed by atoms with Crippen molar-refractivity contribution in [1.82, 2.24) is 25.7 Å². The molecule has 7 nitrogen and oxygen atoms in total. The van der Waals surface area contributed by atoms with Gasteiger partial charge in [0.1, 0.15) is 16.6 Å². The fourth-order valence-corrected chi connectivity index (χ4v) is 4.55. The molecule has 10 heteroatoms. The van der Waals surface area contributed by atoms with Gasteiger partial charge in [-0.05, 0) is 61.3 Å². The molecule has 0 spiro atoms. The molecule has 2 aromatic carbocycles. The summed E-state index contributed by atoms with van der Waals surface area (Å²) in [6, 6.07) is 12.0. The number of carbonyl (C=O) groups excluding carboxylic acids is 2. The summed E-state index contributed by atoms with van der Waals surface area (Å²) in [5.41, 5.74) is 1.66. The van der Waals surface area contributed by atoms with Crippen LogP contribution in [0.15, 0.2) is 48.5 Å². The molecule has 3 aromatic rings. The molecule has 2 heterocycles. The first kappa shape index (κ1) is 23.9. The molecular formula is C24H25F2N5O2S. The summed E-state index contributed by atoms with van der Waals surface area (Å²) in [6.07, 6.45) is 1.47. The summed E-state index contributed by atoms with van der Waals surface area (Å²) >= 11 is 1.24.